The van der Waals surface area contributed by atoms with Gasteiger partial charge in [0.2, 0.25) is 0 Å². The number of methoxy groups -OCH3 is 1. The number of carbonyl (C=O) groups is 1. The Kier molecular flexibility index (Phi) is 5.30. The number of aromatic nitrogens is 2. The Morgan fingerprint density at radius 3 is 2.52 bits per heavy atom. The van der Waals surface area contributed by atoms with E-state index in [1.54, 1.807) is 39.5 Å². The Bertz CT molecular complexity index is 1280. The molecule has 146 valence electrons. The molecule has 0 atom stereocenters. The predicted octanol–water partition coefficient (Wildman–Crippen LogP) is 5.04. The number of benzene rings is 3. The zero-order valence-electron chi connectivity index (χ0n) is 15.4. The Morgan fingerprint density at radius 2 is 1.79 bits per heavy atom. The number of esters is 1. The lowest BCUT2D eigenvalue weighted by molar-refractivity contribution is 0.0600. The van der Waals surface area contributed by atoms with E-state index < -0.39 is 5.97 Å². The van der Waals surface area contributed by atoms with Crippen molar-refractivity contribution in [3.63, 3.8) is 0 Å². The second-order valence-corrected chi connectivity index (χ2v) is 7.86. The summed E-state index contributed by atoms with van der Waals surface area (Å²) < 4.78 is 9.02. The van der Waals surface area contributed by atoms with Crippen molar-refractivity contribution < 1.29 is 9.53 Å². The van der Waals surface area contributed by atoms with Crippen LogP contribution in [-0.2, 0) is 11.3 Å². The van der Waals surface area contributed by atoms with Crippen molar-refractivity contribution in [1.82, 2.24) is 9.13 Å². The van der Waals surface area contributed by atoms with Crippen LogP contribution in [0, 0.1) is 0 Å². The quantitative estimate of drug-likeness (QED) is 0.392. The van der Waals surface area contributed by atoms with E-state index >= 15 is 0 Å². The average molecular weight is 472 g/mol. The van der Waals surface area contributed by atoms with Crippen LogP contribution in [0.4, 0.5) is 0 Å². The fraction of sp³-hybridized carbons (Fsp3) is 0.0909. The second kappa shape index (κ2) is 7.89. The third kappa shape index (κ3) is 3.73. The zero-order chi connectivity index (χ0) is 20.5. The van der Waals surface area contributed by atoms with Gasteiger partial charge in [0.25, 0.3) is 0 Å². The molecule has 1 aromatic heterocycles. The van der Waals surface area contributed by atoms with Gasteiger partial charge in [0.15, 0.2) is 0 Å². The molecule has 4 rings (SSSR count). The van der Waals surface area contributed by atoms with Crippen molar-refractivity contribution >= 4 is 44.5 Å². The molecule has 0 aliphatic heterocycles. The molecular weight excluding hydrogens is 456 g/mol. The smallest absolute Gasteiger partial charge is 0.337 e. The molecule has 0 spiro atoms. The van der Waals surface area contributed by atoms with Gasteiger partial charge in [-0.1, -0.05) is 39.7 Å². The maximum atomic E-state index is 13.3. The van der Waals surface area contributed by atoms with Crippen LogP contribution in [0.25, 0.3) is 16.7 Å². The second-order valence-electron chi connectivity index (χ2n) is 6.51. The van der Waals surface area contributed by atoms with Crippen LogP contribution >= 0.6 is 27.5 Å². The molecule has 4 aromatic rings. The summed E-state index contributed by atoms with van der Waals surface area (Å²) in [7, 11) is 1.34. The summed E-state index contributed by atoms with van der Waals surface area (Å²) in [4.78, 5) is 25.2. The number of halogens is 2. The van der Waals surface area contributed by atoms with Crippen LogP contribution in [-0.4, -0.2) is 22.2 Å². The molecule has 0 bridgehead atoms. The van der Waals surface area contributed by atoms with Crippen LogP contribution in [0.2, 0.25) is 5.02 Å². The molecule has 0 fully saturated rings. The topological polar surface area (TPSA) is 53.2 Å². The first-order valence-corrected chi connectivity index (χ1v) is 9.99. The van der Waals surface area contributed by atoms with Gasteiger partial charge in [0.05, 0.1) is 35.9 Å². The summed E-state index contributed by atoms with van der Waals surface area (Å²) >= 11 is 9.63. The minimum Gasteiger partial charge on any atom is -0.465 e. The summed E-state index contributed by atoms with van der Waals surface area (Å²) in [6.07, 6.45) is 0. The lowest BCUT2D eigenvalue weighted by Crippen LogP contribution is -2.23. The first-order chi connectivity index (χ1) is 14.0. The van der Waals surface area contributed by atoms with Gasteiger partial charge in [-0.3, -0.25) is 9.13 Å². The molecule has 0 amide bonds. The van der Waals surface area contributed by atoms with Crippen LogP contribution in [0.3, 0.4) is 0 Å². The van der Waals surface area contributed by atoms with Crippen LogP contribution in [0.15, 0.2) is 76.0 Å². The van der Waals surface area contributed by atoms with E-state index in [-0.39, 0.29) is 5.69 Å². The molecule has 5 nitrogen and oxygen atoms in total. The lowest BCUT2D eigenvalue weighted by atomic mass is 10.1. The van der Waals surface area contributed by atoms with Gasteiger partial charge >= 0.3 is 11.7 Å². The summed E-state index contributed by atoms with van der Waals surface area (Å²) in [5, 5.41) is 0.549. The third-order valence-electron chi connectivity index (χ3n) is 4.66. The molecule has 0 unspecified atom stereocenters. The van der Waals surface area contributed by atoms with Gasteiger partial charge in [0.1, 0.15) is 0 Å². The van der Waals surface area contributed by atoms with E-state index in [0.717, 1.165) is 21.2 Å². The molecule has 29 heavy (non-hydrogen) atoms. The number of hydrogen-bond donors (Lipinski definition) is 0. The van der Waals surface area contributed by atoms with Gasteiger partial charge in [-0.05, 0) is 60.2 Å². The van der Waals surface area contributed by atoms with Gasteiger partial charge < -0.3 is 4.74 Å². The average Bonchev–Trinajstić information content (AvgIpc) is 2.99. The number of rotatable bonds is 4. The number of carbonyl (C=O) groups excluding carboxylic acids is 1. The maximum Gasteiger partial charge on any atom is 0.337 e. The highest BCUT2D eigenvalue weighted by Gasteiger charge is 2.16. The van der Waals surface area contributed by atoms with E-state index in [0.29, 0.717) is 22.6 Å². The molecule has 0 saturated heterocycles. The third-order valence-corrected chi connectivity index (χ3v) is 5.43. The van der Waals surface area contributed by atoms with E-state index in [4.69, 9.17) is 16.3 Å². The van der Waals surface area contributed by atoms with Crippen LogP contribution < -0.4 is 5.69 Å². The predicted molar refractivity (Wildman–Crippen MR) is 117 cm³/mol. The minimum absolute atomic E-state index is 0.187. The van der Waals surface area contributed by atoms with Crippen molar-refractivity contribution in [2.45, 2.75) is 6.54 Å². The molecule has 0 radical (unpaired) electrons. The fourth-order valence-electron chi connectivity index (χ4n) is 3.32. The molecule has 1 heterocycles. The van der Waals surface area contributed by atoms with Crippen molar-refractivity contribution in [2.24, 2.45) is 0 Å². The zero-order valence-corrected chi connectivity index (χ0v) is 17.8. The Labute approximate surface area is 180 Å². The summed E-state index contributed by atoms with van der Waals surface area (Å²) in [5.74, 6) is -0.414. The number of imidazole rings is 1. The minimum atomic E-state index is -0.414. The Hall–Kier alpha value is -2.83. The van der Waals surface area contributed by atoms with E-state index in [9.17, 15) is 9.59 Å². The molecule has 3 aromatic carbocycles. The number of fused-ring (bicyclic) bond motifs is 1. The van der Waals surface area contributed by atoms with E-state index in [1.807, 2.05) is 36.4 Å². The highest BCUT2D eigenvalue weighted by atomic mass is 79.9. The van der Waals surface area contributed by atoms with Crippen molar-refractivity contribution in [2.75, 3.05) is 7.11 Å². The highest BCUT2D eigenvalue weighted by molar-refractivity contribution is 9.10. The number of ether oxygens (including phenoxy) is 1. The molecule has 7 heteroatoms. The first-order valence-electron chi connectivity index (χ1n) is 8.82. The molecule has 0 saturated carbocycles. The summed E-state index contributed by atoms with van der Waals surface area (Å²) in [5.41, 5.74) is 3.29. The van der Waals surface area contributed by atoms with Crippen molar-refractivity contribution in [3.8, 4) is 5.69 Å². The lowest BCUT2D eigenvalue weighted by Gasteiger charge is -2.06. The van der Waals surface area contributed by atoms with Gasteiger partial charge in [-0.2, -0.15) is 0 Å². The largest absolute Gasteiger partial charge is 0.465 e. The van der Waals surface area contributed by atoms with Crippen molar-refractivity contribution in [1.29, 1.82) is 0 Å². The number of hydrogen-bond acceptors (Lipinski definition) is 3. The van der Waals surface area contributed by atoms with E-state index in [1.165, 1.54) is 7.11 Å². The van der Waals surface area contributed by atoms with Gasteiger partial charge in [0, 0.05) is 9.50 Å². The molecule has 0 N–H and O–H groups in total. The molecule has 0 aliphatic rings. The van der Waals surface area contributed by atoms with Crippen LogP contribution in [0.1, 0.15) is 15.9 Å². The Morgan fingerprint density at radius 1 is 1.03 bits per heavy atom. The van der Waals surface area contributed by atoms with Gasteiger partial charge in [-0.25, -0.2) is 9.59 Å². The highest BCUT2D eigenvalue weighted by Crippen LogP contribution is 2.23. The molecule has 0 aliphatic carbocycles. The van der Waals surface area contributed by atoms with Crippen molar-refractivity contribution in [3.05, 3.63) is 97.8 Å². The van der Waals surface area contributed by atoms with Crippen LogP contribution in [0.5, 0.6) is 0 Å². The summed E-state index contributed by atoms with van der Waals surface area (Å²) in [6.45, 7) is 0.311. The normalized spacial score (nSPS) is 11.0. The SMILES string of the molecule is COC(=O)c1cccc(Cn2c(=O)n(-c3ccc(Br)cc3)c3cc(Cl)ccc32)c1. The molecular formula is C22H16BrClN2O3. The fourth-order valence-corrected chi connectivity index (χ4v) is 3.75. The standard InChI is InChI=1S/C22H16BrClN2O3/c1-29-21(27)15-4-2-3-14(11-15)13-25-19-10-7-17(24)12-20(19)26(22(25)28)18-8-5-16(23)6-9-18/h2-12H,13H2,1H3. The van der Waals surface area contributed by atoms with Gasteiger partial charge in [-0.15, -0.1) is 0 Å². The maximum absolute atomic E-state index is 13.3. The monoisotopic (exact) mass is 470 g/mol. The summed E-state index contributed by atoms with van der Waals surface area (Å²) in [6, 6.07) is 19.9. The van der Waals surface area contributed by atoms with E-state index in [2.05, 4.69) is 15.9 Å². The Balaban J connectivity index is 1.88. The first kappa shape index (κ1) is 19.5. The number of nitrogens with zero attached hydrogens (tertiary/aromatic N) is 2.